The van der Waals surface area contributed by atoms with E-state index in [-0.39, 0.29) is 6.10 Å². The van der Waals surface area contributed by atoms with Gasteiger partial charge in [0.1, 0.15) is 0 Å². The quantitative estimate of drug-likeness (QED) is 0.890. The SMILES string of the molecule is CN(Cc1cnc(C2CC2)s1)CC1CCCC1O. The monoisotopic (exact) mass is 266 g/mol. The Bertz CT molecular complexity index is 402. The third-order valence-electron chi connectivity index (χ3n) is 4.09. The van der Waals surface area contributed by atoms with Crippen molar-refractivity contribution in [1.82, 2.24) is 9.88 Å². The molecule has 2 aliphatic rings. The Morgan fingerprint density at radius 2 is 2.22 bits per heavy atom. The van der Waals surface area contributed by atoms with E-state index in [1.807, 2.05) is 17.5 Å². The molecule has 0 bridgehead atoms. The van der Waals surface area contributed by atoms with Gasteiger partial charge in [-0.2, -0.15) is 0 Å². The highest BCUT2D eigenvalue weighted by molar-refractivity contribution is 7.11. The van der Waals surface area contributed by atoms with Crippen molar-refractivity contribution < 1.29 is 5.11 Å². The summed E-state index contributed by atoms with van der Waals surface area (Å²) in [5.74, 6) is 1.25. The normalized spacial score (nSPS) is 28.2. The maximum Gasteiger partial charge on any atom is 0.0959 e. The zero-order valence-corrected chi connectivity index (χ0v) is 11.8. The van der Waals surface area contributed by atoms with Gasteiger partial charge in [-0.05, 0) is 38.6 Å². The lowest BCUT2D eigenvalue weighted by Gasteiger charge is -2.22. The van der Waals surface area contributed by atoms with Crippen LogP contribution in [0.2, 0.25) is 0 Å². The first-order chi connectivity index (χ1) is 8.72. The molecule has 1 aromatic rings. The molecule has 2 fully saturated rings. The molecule has 1 aromatic heterocycles. The molecule has 2 aliphatic carbocycles. The molecular formula is C14H22N2OS. The Morgan fingerprint density at radius 3 is 2.89 bits per heavy atom. The minimum absolute atomic E-state index is 0.0732. The molecule has 100 valence electrons. The number of hydrogen-bond donors (Lipinski definition) is 1. The van der Waals surface area contributed by atoms with Crippen LogP contribution in [0.25, 0.3) is 0 Å². The molecule has 4 heteroatoms. The van der Waals surface area contributed by atoms with E-state index in [1.54, 1.807) is 0 Å². The number of aliphatic hydroxyl groups excluding tert-OH is 1. The average molecular weight is 266 g/mol. The van der Waals surface area contributed by atoms with Crippen molar-refractivity contribution >= 4 is 11.3 Å². The smallest absolute Gasteiger partial charge is 0.0959 e. The van der Waals surface area contributed by atoms with Gasteiger partial charge in [0.05, 0.1) is 11.1 Å². The van der Waals surface area contributed by atoms with Crippen molar-refractivity contribution in [2.24, 2.45) is 5.92 Å². The van der Waals surface area contributed by atoms with Crippen LogP contribution in [0.4, 0.5) is 0 Å². The molecule has 3 rings (SSSR count). The summed E-state index contributed by atoms with van der Waals surface area (Å²) in [5.41, 5.74) is 0. The highest BCUT2D eigenvalue weighted by atomic mass is 32.1. The van der Waals surface area contributed by atoms with E-state index >= 15 is 0 Å². The first-order valence-electron chi connectivity index (χ1n) is 7.03. The van der Waals surface area contributed by atoms with Gasteiger partial charge in [0, 0.05) is 30.1 Å². The summed E-state index contributed by atoms with van der Waals surface area (Å²) in [7, 11) is 2.15. The Labute approximate surface area is 113 Å². The molecule has 0 aromatic carbocycles. The van der Waals surface area contributed by atoms with Gasteiger partial charge in [0.15, 0.2) is 0 Å². The Kier molecular flexibility index (Phi) is 3.68. The second kappa shape index (κ2) is 5.27. The number of hydrogen-bond acceptors (Lipinski definition) is 4. The highest BCUT2D eigenvalue weighted by Crippen LogP contribution is 2.41. The standard InChI is InChI=1S/C14H22N2OS/c1-16(8-11-3-2-4-13(11)17)9-12-7-15-14(18-12)10-5-6-10/h7,10-11,13,17H,2-6,8-9H2,1H3. The van der Waals surface area contributed by atoms with Crippen LogP contribution in [0, 0.1) is 5.92 Å². The van der Waals surface area contributed by atoms with E-state index in [1.165, 1.54) is 35.6 Å². The lowest BCUT2D eigenvalue weighted by Crippen LogP contribution is -2.29. The summed E-state index contributed by atoms with van der Waals surface area (Å²) in [6.07, 6.45) is 7.99. The molecule has 0 amide bonds. The Morgan fingerprint density at radius 1 is 1.39 bits per heavy atom. The van der Waals surface area contributed by atoms with Crippen molar-refractivity contribution in [3.63, 3.8) is 0 Å². The van der Waals surface area contributed by atoms with Crippen LogP contribution in [-0.4, -0.2) is 34.7 Å². The van der Waals surface area contributed by atoms with Gasteiger partial charge in [-0.15, -0.1) is 11.3 Å². The minimum atomic E-state index is -0.0732. The molecule has 3 nitrogen and oxygen atoms in total. The zero-order valence-electron chi connectivity index (χ0n) is 11.0. The van der Waals surface area contributed by atoms with E-state index in [4.69, 9.17) is 0 Å². The largest absolute Gasteiger partial charge is 0.393 e. The van der Waals surface area contributed by atoms with Crippen LogP contribution in [0.5, 0.6) is 0 Å². The van der Waals surface area contributed by atoms with Gasteiger partial charge in [0.25, 0.3) is 0 Å². The molecule has 1 heterocycles. The van der Waals surface area contributed by atoms with Crippen molar-refractivity contribution in [1.29, 1.82) is 0 Å². The molecule has 0 saturated heterocycles. The van der Waals surface area contributed by atoms with Crippen molar-refractivity contribution in [2.45, 2.75) is 50.7 Å². The van der Waals surface area contributed by atoms with Crippen LogP contribution < -0.4 is 0 Å². The Hall–Kier alpha value is -0.450. The molecule has 18 heavy (non-hydrogen) atoms. The fourth-order valence-electron chi connectivity index (χ4n) is 2.88. The summed E-state index contributed by atoms with van der Waals surface area (Å²) in [4.78, 5) is 8.22. The van der Waals surface area contributed by atoms with Gasteiger partial charge in [0.2, 0.25) is 0 Å². The maximum absolute atomic E-state index is 9.85. The summed E-state index contributed by atoms with van der Waals surface area (Å²) in [6.45, 7) is 1.99. The van der Waals surface area contributed by atoms with Crippen LogP contribution >= 0.6 is 11.3 Å². The maximum atomic E-state index is 9.85. The number of aliphatic hydroxyl groups is 1. The van der Waals surface area contributed by atoms with Crippen molar-refractivity contribution in [3.8, 4) is 0 Å². The van der Waals surface area contributed by atoms with E-state index in [9.17, 15) is 5.11 Å². The van der Waals surface area contributed by atoms with E-state index in [0.29, 0.717) is 5.92 Å². The number of nitrogens with zero attached hydrogens (tertiary/aromatic N) is 2. The number of rotatable bonds is 5. The van der Waals surface area contributed by atoms with Gasteiger partial charge >= 0.3 is 0 Å². The lowest BCUT2D eigenvalue weighted by molar-refractivity contribution is 0.108. The predicted octanol–water partition coefficient (Wildman–Crippen LogP) is 2.61. The molecule has 0 aliphatic heterocycles. The third kappa shape index (κ3) is 2.92. The summed E-state index contributed by atoms with van der Waals surface area (Å²) >= 11 is 1.88. The number of thiazole rings is 1. The second-order valence-corrected chi connectivity index (χ2v) is 7.04. The summed E-state index contributed by atoms with van der Waals surface area (Å²) in [5, 5.41) is 11.2. The van der Waals surface area contributed by atoms with Gasteiger partial charge in [-0.25, -0.2) is 4.98 Å². The van der Waals surface area contributed by atoms with Crippen LogP contribution in [-0.2, 0) is 6.54 Å². The number of aromatic nitrogens is 1. The molecule has 2 atom stereocenters. The average Bonchev–Trinajstić information content (AvgIpc) is 2.97. The molecule has 0 spiro atoms. The second-order valence-electron chi connectivity index (χ2n) is 5.89. The van der Waals surface area contributed by atoms with Crippen LogP contribution in [0.15, 0.2) is 6.20 Å². The van der Waals surface area contributed by atoms with E-state index < -0.39 is 0 Å². The Balaban J connectivity index is 1.51. The molecule has 0 radical (unpaired) electrons. The fraction of sp³-hybridized carbons (Fsp3) is 0.786. The fourth-order valence-corrected chi connectivity index (χ4v) is 4.04. The molecule has 2 unspecified atom stereocenters. The molecular weight excluding hydrogens is 244 g/mol. The zero-order chi connectivity index (χ0) is 12.5. The van der Waals surface area contributed by atoms with Gasteiger partial charge < -0.3 is 10.0 Å². The molecule has 1 N–H and O–H groups in total. The molecule has 2 saturated carbocycles. The third-order valence-corrected chi connectivity index (χ3v) is 5.23. The summed E-state index contributed by atoms with van der Waals surface area (Å²) in [6, 6.07) is 0. The van der Waals surface area contributed by atoms with Gasteiger partial charge in [-0.3, -0.25) is 0 Å². The topological polar surface area (TPSA) is 36.4 Å². The van der Waals surface area contributed by atoms with Crippen LogP contribution in [0.3, 0.4) is 0 Å². The van der Waals surface area contributed by atoms with Crippen LogP contribution in [0.1, 0.15) is 47.9 Å². The lowest BCUT2D eigenvalue weighted by atomic mass is 10.1. The van der Waals surface area contributed by atoms with E-state index in [2.05, 4.69) is 16.9 Å². The predicted molar refractivity (Wildman–Crippen MR) is 73.8 cm³/mol. The minimum Gasteiger partial charge on any atom is -0.393 e. The highest BCUT2D eigenvalue weighted by Gasteiger charge is 2.28. The summed E-state index contributed by atoms with van der Waals surface area (Å²) < 4.78 is 0. The first kappa shape index (κ1) is 12.6. The van der Waals surface area contributed by atoms with E-state index in [0.717, 1.165) is 25.4 Å². The van der Waals surface area contributed by atoms with Crippen molar-refractivity contribution in [2.75, 3.05) is 13.6 Å². The van der Waals surface area contributed by atoms with Crippen molar-refractivity contribution in [3.05, 3.63) is 16.1 Å². The first-order valence-corrected chi connectivity index (χ1v) is 7.85. The van der Waals surface area contributed by atoms with Gasteiger partial charge in [-0.1, -0.05) is 6.42 Å².